The fourth-order valence-corrected chi connectivity index (χ4v) is 5.66. The van der Waals surface area contributed by atoms with Crippen molar-refractivity contribution in [2.75, 3.05) is 0 Å². The Hall–Kier alpha value is -3.30. The second-order valence-corrected chi connectivity index (χ2v) is 13.4. The van der Waals surface area contributed by atoms with Crippen LogP contribution in [0.25, 0.3) is 0 Å². The van der Waals surface area contributed by atoms with Crippen molar-refractivity contribution >= 4 is 35.8 Å². The first-order valence-corrected chi connectivity index (χ1v) is 17.3. The number of aliphatic hydroxyl groups excluding tert-OH is 2. The number of ether oxygens (including phenoxy) is 2. The van der Waals surface area contributed by atoms with Gasteiger partial charge < -0.3 is 45.8 Å². The molecule has 0 rings (SSSR count). The third-order valence-corrected chi connectivity index (χ3v) is 8.56. The molecule has 0 saturated heterocycles. The number of rotatable bonds is 29. The molecule has 49 heavy (non-hydrogen) atoms. The molecule has 0 aliphatic carbocycles. The Bertz CT molecular complexity index is 1030. The van der Waals surface area contributed by atoms with Gasteiger partial charge in [-0.1, -0.05) is 59.3 Å². The summed E-state index contributed by atoms with van der Waals surface area (Å²) in [6, 6.07) is -0.300. The summed E-state index contributed by atoms with van der Waals surface area (Å²) >= 11 is 0. The lowest BCUT2D eigenvalue weighted by atomic mass is 9.87. The first-order chi connectivity index (χ1) is 22.9. The van der Waals surface area contributed by atoms with E-state index in [1.54, 1.807) is 20.8 Å². The molecule has 0 amide bonds. The van der Waals surface area contributed by atoms with E-state index in [0.29, 0.717) is 25.7 Å². The molecule has 8 N–H and O–H groups in total. The maximum Gasteiger partial charge on any atom is 0.307 e. The molecule has 284 valence electrons. The van der Waals surface area contributed by atoms with E-state index in [4.69, 9.17) is 25.4 Å². The number of aliphatic carboxylic acids is 4. The quantitative estimate of drug-likeness (QED) is 0.0433. The summed E-state index contributed by atoms with van der Waals surface area (Å²) in [4.78, 5) is 71.6. The van der Waals surface area contributed by atoms with Crippen LogP contribution in [-0.2, 0) is 38.2 Å². The van der Waals surface area contributed by atoms with Crippen LogP contribution in [0.5, 0.6) is 0 Å². The minimum absolute atomic E-state index is 0.0700. The minimum Gasteiger partial charge on any atom is -0.481 e. The zero-order valence-corrected chi connectivity index (χ0v) is 29.3. The molecule has 0 saturated carbocycles. The normalized spacial score (nSPS) is 17.0. The number of esters is 2. The highest BCUT2D eigenvalue weighted by Gasteiger charge is 2.37. The van der Waals surface area contributed by atoms with Crippen LogP contribution in [0.3, 0.4) is 0 Å². The van der Waals surface area contributed by atoms with Crippen LogP contribution in [0, 0.1) is 23.7 Å². The fraction of sp³-hybridized carbons (Fsp3) is 0.824. The second kappa shape index (κ2) is 24.8. The van der Waals surface area contributed by atoms with Crippen molar-refractivity contribution < 1.29 is 68.9 Å². The van der Waals surface area contributed by atoms with Crippen LogP contribution in [-0.4, -0.2) is 96.9 Å². The number of unbranched alkanes of at least 4 members (excludes halogenated alkanes) is 4. The summed E-state index contributed by atoms with van der Waals surface area (Å²) < 4.78 is 11.4. The average Bonchev–Trinajstić information content (AvgIpc) is 2.98. The van der Waals surface area contributed by atoms with E-state index in [1.807, 2.05) is 6.92 Å². The zero-order valence-electron chi connectivity index (χ0n) is 29.3. The van der Waals surface area contributed by atoms with Crippen molar-refractivity contribution in [1.29, 1.82) is 0 Å². The molecule has 2 unspecified atom stereocenters. The van der Waals surface area contributed by atoms with Crippen LogP contribution in [0.1, 0.15) is 124 Å². The third kappa shape index (κ3) is 21.4. The number of carboxylic acids is 4. The van der Waals surface area contributed by atoms with Crippen LogP contribution >= 0.6 is 0 Å². The van der Waals surface area contributed by atoms with Gasteiger partial charge in [-0.05, 0) is 50.9 Å². The van der Waals surface area contributed by atoms with Gasteiger partial charge in [-0.15, -0.1) is 0 Å². The first kappa shape index (κ1) is 45.7. The lowest BCUT2D eigenvalue weighted by molar-refractivity contribution is -0.177. The van der Waals surface area contributed by atoms with Crippen molar-refractivity contribution in [3.63, 3.8) is 0 Å². The fourth-order valence-electron chi connectivity index (χ4n) is 5.66. The van der Waals surface area contributed by atoms with E-state index in [-0.39, 0.29) is 24.8 Å². The van der Waals surface area contributed by atoms with Gasteiger partial charge in [-0.3, -0.25) is 28.8 Å². The van der Waals surface area contributed by atoms with Crippen molar-refractivity contribution in [3.05, 3.63) is 0 Å². The Morgan fingerprint density at radius 3 is 1.57 bits per heavy atom. The molecular formula is C34H59NO14. The highest BCUT2D eigenvalue weighted by Crippen LogP contribution is 2.29. The molecule has 0 aromatic rings. The SMILES string of the molecule is CCCC[C@@H](C)[C@@H](OC(=O)CC(CC(=O)O)C(=O)O)[C@H](C[C@@H](C)C[C@H](O)CCCCCC[C@H](O)[C@@H](C)N)OC(=O)CC(CC(=O)O)C(=O)O. The Morgan fingerprint density at radius 1 is 0.633 bits per heavy atom. The number of carbonyl (C=O) groups excluding carboxylic acids is 2. The van der Waals surface area contributed by atoms with Crippen LogP contribution in [0.4, 0.5) is 0 Å². The number of nitrogens with two attached hydrogens (primary N) is 1. The van der Waals surface area contributed by atoms with Crippen LogP contribution in [0.15, 0.2) is 0 Å². The molecule has 0 spiro atoms. The monoisotopic (exact) mass is 705 g/mol. The predicted molar refractivity (Wildman–Crippen MR) is 176 cm³/mol. The van der Waals surface area contributed by atoms with Gasteiger partial charge in [0.2, 0.25) is 0 Å². The first-order valence-electron chi connectivity index (χ1n) is 17.3. The molecule has 0 radical (unpaired) electrons. The highest BCUT2D eigenvalue weighted by atomic mass is 16.6. The number of carbonyl (C=O) groups is 6. The van der Waals surface area contributed by atoms with Gasteiger partial charge in [0, 0.05) is 6.04 Å². The number of aliphatic hydroxyl groups is 2. The molecule has 9 atom stereocenters. The van der Waals surface area contributed by atoms with Crippen molar-refractivity contribution in [2.45, 2.75) is 154 Å². The van der Waals surface area contributed by atoms with Gasteiger partial charge in [0.15, 0.2) is 0 Å². The predicted octanol–water partition coefficient (Wildman–Crippen LogP) is 3.59. The number of hydrogen-bond acceptors (Lipinski definition) is 11. The molecule has 0 aromatic heterocycles. The highest BCUT2D eigenvalue weighted by molar-refractivity contribution is 5.83. The Labute approximate surface area is 288 Å². The van der Waals surface area contributed by atoms with E-state index in [2.05, 4.69) is 0 Å². The molecule has 0 aromatic carbocycles. The van der Waals surface area contributed by atoms with E-state index < -0.39 is 104 Å². The summed E-state index contributed by atoms with van der Waals surface area (Å²) in [5.41, 5.74) is 5.68. The standard InChI is InChI=1S/C34H59NO14/c1-5-6-11-21(3)32(49-31(43)19-24(34(46)47)17-29(40)41)27(48-30(42)18-23(33(44)45)16-28(38)39)15-20(2)14-25(36)12-9-7-8-10-13-26(37)22(4)35/h20-27,32,36-37H,5-19,35H2,1-4H3,(H,38,39)(H,40,41)(H,44,45)(H,46,47)/t20-,21+,22+,23?,24?,25+,26-,27-,32+/m0/s1. The molecule has 15 nitrogen and oxygen atoms in total. The van der Waals surface area contributed by atoms with Gasteiger partial charge in [0.05, 0.1) is 49.7 Å². The van der Waals surface area contributed by atoms with Crippen molar-refractivity contribution in [1.82, 2.24) is 0 Å². The molecule has 0 heterocycles. The Balaban J connectivity index is 5.94. The second-order valence-electron chi connectivity index (χ2n) is 13.4. The molecule has 0 bridgehead atoms. The van der Waals surface area contributed by atoms with E-state index >= 15 is 0 Å². The topological polar surface area (TPSA) is 268 Å². The van der Waals surface area contributed by atoms with Crippen molar-refractivity contribution in [3.8, 4) is 0 Å². The lowest BCUT2D eigenvalue weighted by Crippen LogP contribution is -2.42. The minimum atomic E-state index is -1.57. The summed E-state index contributed by atoms with van der Waals surface area (Å²) in [6.07, 6.45) is -0.0465. The van der Waals surface area contributed by atoms with E-state index in [1.165, 1.54) is 0 Å². The van der Waals surface area contributed by atoms with Gasteiger partial charge in [-0.2, -0.15) is 0 Å². The smallest absolute Gasteiger partial charge is 0.307 e. The molecule has 0 aliphatic heterocycles. The van der Waals surface area contributed by atoms with E-state index in [0.717, 1.165) is 32.1 Å². The molecule has 0 aliphatic rings. The summed E-state index contributed by atoms with van der Waals surface area (Å²) in [5, 5.41) is 57.6. The zero-order chi connectivity index (χ0) is 37.7. The molecular weight excluding hydrogens is 646 g/mol. The largest absolute Gasteiger partial charge is 0.481 e. The van der Waals surface area contributed by atoms with Crippen LogP contribution < -0.4 is 5.73 Å². The average molecular weight is 706 g/mol. The summed E-state index contributed by atoms with van der Waals surface area (Å²) in [6.45, 7) is 7.23. The number of hydrogen-bond donors (Lipinski definition) is 7. The maximum atomic E-state index is 13.0. The maximum absolute atomic E-state index is 13.0. The third-order valence-electron chi connectivity index (χ3n) is 8.56. The molecule has 15 heteroatoms. The summed E-state index contributed by atoms with van der Waals surface area (Å²) in [5.74, 6) is -11.8. The van der Waals surface area contributed by atoms with Crippen LogP contribution in [0.2, 0.25) is 0 Å². The van der Waals surface area contributed by atoms with Crippen molar-refractivity contribution in [2.24, 2.45) is 29.4 Å². The van der Waals surface area contributed by atoms with E-state index in [9.17, 15) is 49.2 Å². The van der Waals surface area contributed by atoms with Gasteiger partial charge in [-0.25, -0.2) is 0 Å². The molecule has 0 fully saturated rings. The number of carboxylic acid groups (broad SMARTS) is 4. The van der Waals surface area contributed by atoms with Gasteiger partial charge >= 0.3 is 35.8 Å². The Kier molecular flexibility index (Phi) is 23.1. The van der Waals surface area contributed by atoms with Gasteiger partial charge in [0.1, 0.15) is 12.2 Å². The lowest BCUT2D eigenvalue weighted by Gasteiger charge is -2.33. The van der Waals surface area contributed by atoms with Gasteiger partial charge in [0.25, 0.3) is 0 Å². The Morgan fingerprint density at radius 2 is 1.12 bits per heavy atom. The summed E-state index contributed by atoms with van der Waals surface area (Å²) in [7, 11) is 0.